The molecule has 0 spiro atoms. The molecule has 0 radical (unpaired) electrons. The highest BCUT2D eigenvalue weighted by Gasteiger charge is 2.07. The minimum Gasteiger partial charge on any atom is -0.493 e. The highest BCUT2D eigenvalue weighted by molar-refractivity contribution is 7.99. The van der Waals surface area contributed by atoms with Crippen LogP contribution < -0.4 is 14.9 Å². The smallest absolute Gasteiger partial charge is 0.250 e. The van der Waals surface area contributed by atoms with Crippen molar-refractivity contribution in [3.63, 3.8) is 0 Å². The largest absolute Gasteiger partial charge is 0.493 e. The fourth-order valence-electron chi connectivity index (χ4n) is 2.72. The number of carbonyl (C=O) groups excluding carboxylic acids is 1. The van der Waals surface area contributed by atoms with Crippen molar-refractivity contribution in [3.8, 4) is 11.5 Å². The molecule has 1 heterocycles. The van der Waals surface area contributed by atoms with Crippen LogP contribution in [0.3, 0.4) is 0 Å². The molecule has 31 heavy (non-hydrogen) atoms. The van der Waals surface area contributed by atoms with E-state index in [0.29, 0.717) is 23.3 Å². The molecule has 1 N–H and O–H groups in total. The van der Waals surface area contributed by atoms with Crippen molar-refractivity contribution in [2.45, 2.75) is 25.6 Å². The van der Waals surface area contributed by atoms with Gasteiger partial charge in [-0.25, -0.2) is 15.4 Å². The second-order valence-electron chi connectivity index (χ2n) is 6.70. The predicted octanol–water partition coefficient (Wildman–Crippen LogP) is 3.92. The SMILES string of the molecule is COc1ccc(C=NNC(=O)CSc2nc(C)cc(C)n2)cc1OCc1ccccc1. The maximum Gasteiger partial charge on any atom is 0.250 e. The molecule has 0 aliphatic heterocycles. The quantitative estimate of drug-likeness (QED) is 0.237. The lowest BCUT2D eigenvalue weighted by atomic mass is 10.2. The Hall–Kier alpha value is -3.39. The van der Waals surface area contributed by atoms with Gasteiger partial charge in [0.1, 0.15) is 6.61 Å². The number of hydrazone groups is 1. The van der Waals surface area contributed by atoms with E-state index in [2.05, 4.69) is 20.5 Å². The third-order valence-electron chi connectivity index (χ3n) is 4.12. The standard InChI is InChI=1S/C23H24N4O3S/c1-16-11-17(2)26-23(25-16)31-15-22(28)27-24-13-19-9-10-20(29-3)21(12-19)30-14-18-7-5-4-6-8-18/h4-13H,14-15H2,1-3H3,(H,27,28). The van der Waals surface area contributed by atoms with Gasteiger partial charge in [0, 0.05) is 11.4 Å². The van der Waals surface area contributed by atoms with Gasteiger partial charge in [0.15, 0.2) is 16.7 Å². The lowest BCUT2D eigenvalue weighted by Gasteiger charge is -2.11. The van der Waals surface area contributed by atoms with Crippen molar-refractivity contribution in [3.05, 3.63) is 77.1 Å². The second-order valence-corrected chi connectivity index (χ2v) is 7.64. The first-order chi connectivity index (χ1) is 15.0. The summed E-state index contributed by atoms with van der Waals surface area (Å²) in [5, 5.41) is 4.60. The van der Waals surface area contributed by atoms with Crippen LogP contribution in [-0.2, 0) is 11.4 Å². The van der Waals surface area contributed by atoms with Gasteiger partial charge >= 0.3 is 0 Å². The average molecular weight is 437 g/mol. The van der Waals surface area contributed by atoms with Crippen molar-refractivity contribution in [2.24, 2.45) is 5.10 Å². The fourth-order valence-corrected chi connectivity index (χ4v) is 3.46. The molecule has 160 valence electrons. The number of hydrogen-bond acceptors (Lipinski definition) is 7. The van der Waals surface area contributed by atoms with Crippen LogP contribution in [-0.4, -0.2) is 35.0 Å². The number of hydrogen-bond donors (Lipinski definition) is 1. The van der Waals surface area contributed by atoms with Gasteiger partial charge < -0.3 is 9.47 Å². The summed E-state index contributed by atoms with van der Waals surface area (Å²) in [4.78, 5) is 20.7. The molecular weight excluding hydrogens is 412 g/mol. The molecule has 0 saturated heterocycles. The van der Waals surface area contributed by atoms with Crippen LogP contribution in [0, 0.1) is 13.8 Å². The van der Waals surface area contributed by atoms with Gasteiger partial charge in [-0.05, 0) is 49.2 Å². The average Bonchev–Trinajstić information content (AvgIpc) is 2.76. The van der Waals surface area contributed by atoms with E-state index in [1.807, 2.05) is 62.4 Å². The molecule has 0 saturated carbocycles. The number of amides is 1. The molecular formula is C23H24N4O3S. The highest BCUT2D eigenvalue weighted by atomic mass is 32.2. The minimum absolute atomic E-state index is 0.175. The first-order valence-electron chi connectivity index (χ1n) is 9.65. The normalized spacial score (nSPS) is 10.8. The number of rotatable bonds is 9. The monoisotopic (exact) mass is 436 g/mol. The van der Waals surface area contributed by atoms with Crippen molar-refractivity contribution in [1.29, 1.82) is 0 Å². The number of methoxy groups -OCH3 is 1. The maximum atomic E-state index is 12.1. The summed E-state index contributed by atoms with van der Waals surface area (Å²) in [5.74, 6) is 1.16. The lowest BCUT2D eigenvalue weighted by molar-refractivity contribution is -0.118. The van der Waals surface area contributed by atoms with Crippen LogP contribution in [0.2, 0.25) is 0 Å². The zero-order valence-electron chi connectivity index (χ0n) is 17.7. The summed E-state index contributed by atoms with van der Waals surface area (Å²) in [7, 11) is 1.59. The van der Waals surface area contributed by atoms with Crippen LogP contribution >= 0.6 is 11.8 Å². The Bertz CT molecular complexity index is 1040. The first-order valence-corrected chi connectivity index (χ1v) is 10.6. The summed E-state index contributed by atoms with van der Waals surface area (Å²) in [6, 6.07) is 17.2. The number of aromatic nitrogens is 2. The molecule has 0 atom stereocenters. The van der Waals surface area contributed by atoms with Crippen LogP contribution in [0.4, 0.5) is 0 Å². The van der Waals surface area contributed by atoms with Gasteiger partial charge in [0.2, 0.25) is 0 Å². The molecule has 0 aliphatic rings. The number of nitrogens with one attached hydrogen (secondary N) is 1. The van der Waals surface area contributed by atoms with E-state index >= 15 is 0 Å². The fraction of sp³-hybridized carbons (Fsp3) is 0.217. The Kier molecular flexibility index (Phi) is 8.00. The number of benzene rings is 2. The van der Waals surface area contributed by atoms with Crippen molar-refractivity contribution >= 4 is 23.9 Å². The topological polar surface area (TPSA) is 85.7 Å². The lowest BCUT2D eigenvalue weighted by Crippen LogP contribution is -2.19. The van der Waals surface area contributed by atoms with Crippen molar-refractivity contribution in [1.82, 2.24) is 15.4 Å². The molecule has 0 aliphatic carbocycles. The van der Waals surface area contributed by atoms with Crippen molar-refractivity contribution < 1.29 is 14.3 Å². The van der Waals surface area contributed by atoms with Crippen LogP contribution in [0.1, 0.15) is 22.5 Å². The number of thioether (sulfide) groups is 1. The molecule has 3 aromatic rings. The van der Waals surface area contributed by atoms with Crippen LogP contribution in [0.25, 0.3) is 0 Å². The number of aryl methyl sites for hydroxylation is 2. The zero-order chi connectivity index (χ0) is 22.1. The molecule has 8 heteroatoms. The summed E-state index contributed by atoms with van der Waals surface area (Å²) in [6.45, 7) is 4.22. The highest BCUT2D eigenvalue weighted by Crippen LogP contribution is 2.28. The summed E-state index contributed by atoms with van der Waals surface area (Å²) in [6.07, 6.45) is 1.56. The van der Waals surface area contributed by atoms with Gasteiger partial charge in [-0.1, -0.05) is 42.1 Å². The summed E-state index contributed by atoms with van der Waals surface area (Å²) in [5.41, 5.74) is 6.09. The third-order valence-corrected chi connectivity index (χ3v) is 4.97. The molecule has 0 fully saturated rings. The number of ether oxygens (including phenoxy) is 2. The molecule has 1 aromatic heterocycles. The minimum atomic E-state index is -0.238. The summed E-state index contributed by atoms with van der Waals surface area (Å²) < 4.78 is 11.3. The molecule has 2 aromatic carbocycles. The molecule has 0 unspecified atom stereocenters. The van der Waals surface area contributed by atoms with Gasteiger partial charge in [-0.15, -0.1) is 0 Å². The molecule has 0 bridgehead atoms. The van der Waals surface area contributed by atoms with E-state index in [1.165, 1.54) is 11.8 Å². The third kappa shape index (κ3) is 7.11. The maximum absolute atomic E-state index is 12.1. The van der Waals surface area contributed by atoms with Gasteiger partial charge in [-0.3, -0.25) is 4.79 Å². The van der Waals surface area contributed by atoms with E-state index < -0.39 is 0 Å². The van der Waals surface area contributed by atoms with Crippen LogP contribution in [0.5, 0.6) is 11.5 Å². The second kappa shape index (κ2) is 11.1. The van der Waals surface area contributed by atoms with Crippen LogP contribution in [0.15, 0.2) is 64.9 Å². The number of carbonyl (C=O) groups is 1. The Morgan fingerprint density at radius 2 is 1.81 bits per heavy atom. The van der Waals surface area contributed by atoms with E-state index in [1.54, 1.807) is 19.4 Å². The van der Waals surface area contributed by atoms with Gasteiger partial charge in [0.05, 0.1) is 19.1 Å². The Balaban J connectivity index is 1.55. The molecule has 3 rings (SSSR count). The summed E-state index contributed by atoms with van der Waals surface area (Å²) >= 11 is 1.27. The number of nitrogens with zero attached hydrogens (tertiary/aromatic N) is 3. The zero-order valence-corrected chi connectivity index (χ0v) is 18.5. The Morgan fingerprint density at radius 1 is 1.06 bits per heavy atom. The van der Waals surface area contributed by atoms with E-state index in [9.17, 15) is 4.79 Å². The van der Waals surface area contributed by atoms with Gasteiger partial charge in [-0.2, -0.15) is 5.10 Å². The Morgan fingerprint density at radius 3 is 2.52 bits per heavy atom. The van der Waals surface area contributed by atoms with Gasteiger partial charge in [0.25, 0.3) is 5.91 Å². The Labute approximate surface area is 185 Å². The predicted molar refractivity (Wildman–Crippen MR) is 122 cm³/mol. The molecule has 1 amide bonds. The van der Waals surface area contributed by atoms with Crippen molar-refractivity contribution in [2.75, 3.05) is 12.9 Å². The molecule has 7 nitrogen and oxygen atoms in total. The first kappa shape index (κ1) is 22.3. The van der Waals surface area contributed by atoms with E-state index in [4.69, 9.17) is 9.47 Å². The van der Waals surface area contributed by atoms with E-state index in [-0.39, 0.29) is 11.7 Å². The van der Waals surface area contributed by atoms with E-state index in [0.717, 1.165) is 22.5 Å².